The Morgan fingerprint density at radius 2 is 2.24 bits per heavy atom. The molecule has 0 unspecified atom stereocenters. The molecule has 0 fully saturated rings. The molecule has 0 saturated carbocycles. The summed E-state index contributed by atoms with van der Waals surface area (Å²) in [6.07, 6.45) is 2.79. The van der Waals surface area contributed by atoms with Crippen LogP contribution in [0.2, 0.25) is 0 Å². The normalized spacial score (nSPS) is 12.2. The average Bonchev–Trinajstić information content (AvgIpc) is 2.33. The van der Waals surface area contributed by atoms with Crippen molar-refractivity contribution in [2.24, 2.45) is 5.92 Å². The molecule has 93 valence electrons. The van der Waals surface area contributed by atoms with Gasteiger partial charge in [-0.1, -0.05) is 26.0 Å². The van der Waals surface area contributed by atoms with E-state index < -0.39 is 0 Å². The molecule has 2 nitrogen and oxygen atoms in total. The molecular formula is C15H22NO. The number of hydrogen-bond acceptors (Lipinski definition) is 2. The maximum Gasteiger partial charge on any atom is 0.127 e. The second-order valence-corrected chi connectivity index (χ2v) is 4.48. The number of benzene rings is 1. The van der Waals surface area contributed by atoms with Crippen LogP contribution in [-0.2, 0) is 0 Å². The van der Waals surface area contributed by atoms with E-state index in [1.54, 1.807) is 0 Å². The lowest BCUT2D eigenvalue weighted by molar-refractivity contribution is 0.312. The third-order valence-electron chi connectivity index (χ3n) is 2.97. The minimum absolute atomic E-state index is 0.403. The van der Waals surface area contributed by atoms with Crippen molar-refractivity contribution in [3.63, 3.8) is 0 Å². The Bertz CT molecular complexity index is 360. The molecule has 2 heteroatoms. The Kier molecular flexibility index (Phi) is 5.75. The van der Waals surface area contributed by atoms with Crippen molar-refractivity contribution in [2.75, 3.05) is 6.61 Å². The molecule has 1 aromatic rings. The van der Waals surface area contributed by atoms with Gasteiger partial charge >= 0.3 is 0 Å². The molecule has 1 radical (unpaired) electrons. The first-order chi connectivity index (χ1) is 8.13. The Morgan fingerprint density at radius 1 is 1.47 bits per heavy atom. The predicted octanol–water partition coefficient (Wildman–Crippen LogP) is 4.02. The molecule has 17 heavy (non-hydrogen) atoms. The van der Waals surface area contributed by atoms with Crippen molar-refractivity contribution in [2.45, 2.75) is 40.0 Å². The molecular weight excluding hydrogens is 210 g/mol. The summed E-state index contributed by atoms with van der Waals surface area (Å²) in [6, 6.07) is 9.06. The van der Waals surface area contributed by atoms with Gasteiger partial charge in [-0.15, -0.1) is 0 Å². The van der Waals surface area contributed by atoms with E-state index in [0.29, 0.717) is 12.5 Å². The fourth-order valence-electron chi connectivity index (χ4n) is 1.58. The van der Waals surface area contributed by atoms with Crippen LogP contribution < -0.4 is 4.74 Å². The summed E-state index contributed by atoms with van der Waals surface area (Å²) in [5.74, 6) is 1.21. The van der Waals surface area contributed by atoms with Crippen LogP contribution in [-0.4, -0.2) is 12.3 Å². The van der Waals surface area contributed by atoms with E-state index in [2.05, 4.69) is 19.9 Å². The summed E-state index contributed by atoms with van der Waals surface area (Å²) in [6.45, 7) is 6.90. The number of ether oxygens (including phenoxy) is 1. The van der Waals surface area contributed by atoms with Crippen LogP contribution in [0.25, 0.3) is 0 Å². The van der Waals surface area contributed by atoms with Crippen LogP contribution >= 0.6 is 0 Å². The number of rotatable bonds is 7. The first-order valence-corrected chi connectivity index (χ1v) is 6.32. The summed E-state index contributed by atoms with van der Waals surface area (Å²) in [7, 11) is 0. The van der Waals surface area contributed by atoms with E-state index in [9.17, 15) is 0 Å². The van der Waals surface area contributed by atoms with Gasteiger partial charge in [0.05, 0.1) is 6.61 Å². The Morgan fingerprint density at radius 3 is 2.88 bits per heavy atom. The van der Waals surface area contributed by atoms with Crippen molar-refractivity contribution in [1.82, 2.24) is 0 Å². The van der Waals surface area contributed by atoms with Crippen LogP contribution in [0.1, 0.15) is 38.7 Å². The Hall–Kier alpha value is -1.31. The van der Waals surface area contributed by atoms with Gasteiger partial charge < -0.3 is 10.1 Å². The summed E-state index contributed by atoms with van der Waals surface area (Å²) in [5, 5.41) is 7.85. The van der Waals surface area contributed by atoms with E-state index in [1.807, 2.05) is 25.1 Å². The van der Waals surface area contributed by atoms with Crippen molar-refractivity contribution < 1.29 is 4.74 Å². The molecule has 0 aliphatic heterocycles. The second-order valence-electron chi connectivity index (χ2n) is 4.48. The molecule has 0 bridgehead atoms. The van der Waals surface area contributed by atoms with Gasteiger partial charge in [0.2, 0.25) is 0 Å². The van der Waals surface area contributed by atoms with Crippen LogP contribution in [0, 0.1) is 24.3 Å². The van der Waals surface area contributed by atoms with Gasteiger partial charge in [-0.25, -0.2) is 0 Å². The topological polar surface area (TPSA) is 33.1 Å². The summed E-state index contributed by atoms with van der Waals surface area (Å²) in [5.41, 5.74) is 1.93. The van der Waals surface area contributed by atoms with Crippen molar-refractivity contribution in [1.29, 1.82) is 5.41 Å². The largest absolute Gasteiger partial charge is 0.493 e. The monoisotopic (exact) mass is 232 g/mol. The fraction of sp³-hybridized carbons (Fsp3) is 0.533. The van der Waals surface area contributed by atoms with Crippen LogP contribution in [0.5, 0.6) is 5.75 Å². The molecule has 1 N–H and O–H groups in total. The number of aryl methyl sites for hydroxylation is 1. The third-order valence-corrected chi connectivity index (χ3v) is 2.97. The average molecular weight is 232 g/mol. The second kappa shape index (κ2) is 7.10. The molecule has 0 aliphatic carbocycles. The highest BCUT2D eigenvalue weighted by Crippen LogP contribution is 2.12. The van der Waals surface area contributed by atoms with Gasteiger partial charge in [0.1, 0.15) is 5.75 Å². The lowest BCUT2D eigenvalue weighted by atomic mass is 9.99. The molecule has 1 atom stereocenters. The maximum atomic E-state index is 7.85. The summed E-state index contributed by atoms with van der Waals surface area (Å²) in [4.78, 5) is 0. The molecule has 1 aromatic carbocycles. The SMILES string of the molecule is CC[C@@H](C)C(=N)CCCOc1[c]c(C)ccc1. The highest BCUT2D eigenvalue weighted by atomic mass is 16.5. The smallest absolute Gasteiger partial charge is 0.127 e. The van der Waals surface area contributed by atoms with Gasteiger partial charge in [-0.2, -0.15) is 0 Å². The van der Waals surface area contributed by atoms with Gasteiger partial charge in [0.25, 0.3) is 0 Å². The van der Waals surface area contributed by atoms with E-state index >= 15 is 0 Å². The number of hydrogen-bond donors (Lipinski definition) is 1. The van der Waals surface area contributed by atoms with Gasteiger partial charge in [0.15, 0.2) is 0 Å². The van der Waals surface area contributed by atoms with Gasteiger partial charge in [-0.05, 0) is 43.7 Å². The maximum absolute atomic E-state index is 7.85. The van der Waals surface area contributed by atoms with Crippen LogP contribution in [0.4, 0.5) is 0 Å². The van der Waals surface area contributed by atoms with Crippen LogP contribution in [0.15, 0.2) is 18.2 Å². The Balaban J connectivity index is 2.22. The molecule has 0 spiro atoms. The standard InChI is InChI=1S/C15H22NO/c1-4-13(3)15(16)9-6-10-17-14-8-5-7-12(2)11-14/h5,7-8,13,16H,4,6,9-10H2,1-3H3/t13-/m1/s1. The third kappa shape index (κ3) is 5.03. The van der Waals surface area contributed by atoms with Gasteiger partial charge in [-0.3, -0.25) is 0 Å². The van der Waals surface area contributed by atoms with E-state index in [0.717, 1.165) is 36.3 Å². The molecule has 0 aliphatic rings. The van der Waals surface area contributed by atoms with Crippen molar-refractivity contribution in [3.8, 4) is 5.75 Å². The highest BCUT2D eigenvalue weighted by molar-refractivity contribution is 5.83. The molecule has 0 aromatic heterocycles. The highest BCUT2D eigenvalue weighted by Gasteiger charge is 2.05. The minimum Gasteiger partial charge on any atom is -0.493 e. The molecule has 0 amide bonds. The van der Waals surface area contributed by atoms with Gasteiger partial charge in [0, 0.05) is 11.8 Å². The fourth-order valence-corrected chi connectivity index (χ4v) is 1.58. The molecule has 1 rings (SSSR count). The lowest BCUT2D eigenvalue weighted by Crippen LogP contribution is -2.10. The zero-order chi connectivity index (χ0) is 12.7. The van der Waals surface area contributed by atoms with Crippen molar-refractivity contribution >= 4 is 5.71 Å². The molecule has 0 saturated heterocycles. The van der Waals surface area contributed by atoms with E-state index in [1.165, 1.54) is 0 Å². The minimum atomic E-state index is 0.403. The van der Waals surface area contributed by atoms with Crippen LogP contribution in [0.3, 0.4) is 0 Å². The Labute approximate surface area is 105 Å². The lowest BCUT2D eigenvalue weighted by Gasteiger charge is -2.11. The van der Waals surface area contributed by atoms with E-state index in [-0.39, 0.29) is 0 Å². The molecule has 0 heterocycles. The zero-order valence-corrected chi connectivity index (χ0v) is 11.0. The zero-order valence-electron chi connectivity index (χ0n) is 11.0. The van der Waals surface area contributed by atoms with Crippen molar-refractivity contribution in [3.05, 3.63) is 29.8 Å². The summed E-state index contributed by atoms with van der Waals surface area (Å²) >= 11 is 0. The predicted molar refractivity (Wildman–Crippen MR) is 71.9 cm³/mol. The summed E-state index contributed by atoms with van der Waals surface area (Å²) < 4.78 is 5.60. The number of nitrogens with one attached hydrogen (secondary N) is 1. The van der Waals surface area contributed by atoms with E-state index in [4.69, 9.17) is 10.1 Å². The quantitative estimate of drug-likeness (QED) is 0.559. The first kappa shape index (κ1) is 13.8. The first-order valence-electron chi connectivity index (χ1n) is 6.32.